The number of alkyl halides is 3. The summed E-state index contributed by atoms with van der Waals surface area (Å²) in [6.45, 7) is 5.00. The van der Waals surface area contributed by atoms with Gasteiger partial charge in [0.15, 0.2) is 0 Å². The van der Waals surface area contributed by atoms with Crippen molar-refractivity contribution in [2.75, 3.05) is 32.8 Å². The molecule has 0 saturated carbocycles. The largest absolute Gasteiger partial charge is 0.416 e. The van der Waals surface area contributed by atoms with Crippen LogP contribution in [0.25, 0.3) is 0 Å². The van der Waals surface area contributed by atoms with E-state index >= 15 is 0 Å². The number of aryl methyl sites for hydroxylation is 1. The van der Waals surface area contributed by atoms with Gasteiger partial charge in [-0.15, -0.1) is 0 Å². The number of rotatable bonds is 5. The number of hydrogen-bond acceptors (Lipinski definition) is 3. The molecule has 1 amide bonds. The Kier molecular flexibility index (Phi) is 6.36. The topological polar surface area (TPSA) is 41.6 Å². The molecule has 1 atom stereocenters. The third kappa shape index (κ3) is 5.11. The summed E-state index contributed by atoms with van der Waals surface area (Å²) in [6.07, 6.45) is -4.48. The molecule has 4 nitrogen and oxygen atoms in total. The maximum Gasteiger partial charge on any atom is 0.416 e. The fourth-order valence-corrected chi connectivity index (χ4v) is 3.26. The van der Waals surface area contributed by atoms with Crippen LogP contribution in [0.5, 0.6) is 0 Å². The number of morpholine rings is 1. The van der Waals surface area contributed by atoms with E-state index in [4.69, 9.17) is 4.74 Å². The fourth-order valence-electron chi connectivity index (χ4n) is 3.26. The fraction of sp³-hybridized carbons (Fsp3) is 0.381. The van der Waals surface area contributed by atoms with Gasteiger partial charge in [-0.05, 0) is 30.7 Å². The van der Waals surface area contributed by atoms with Crippen LogP contribution in [0.2, 0.25) is 0 Å². The Hall–Kier alpha value is -2.38. The Morgan fingerprint density at radius 1 is 1.14 bits per heavy atom. The van der Waals surface area contributed by atoms with E-state index in [-0.39, 0.29) is 11.6 Å². The molecule has 0 spiro atoms. The monoisotopic (exact) mass is 392 g/mol. The summed E-state index contributed by atoms with van der Waals surface area (Å²) in [5.41, 5.74) is 1.36. The standard InChI is InChI=1S/C21H23F3N2O2/c1-15-5-7-16(8-6-15)19(26-9-11-28-12-10-26)14-25-20(27)17-3-2-4-18(13-17)21(22,23)24/h2-8,13,19H,9-12,14H2,1H3,(H,25,27)/t19-/m0/s1. The van der Waals surface area contributed by atoms with E-state index in [0.717, 1.165) is 36.3 Å². The molecule has 1 heterocycles. The van der Waals surface area contributed by atoms with Crippen LogP contribution in [-0.2, 0) is 10.9 Å². The maximum absolute atomic E-state index is 12.9. The number of halogens is 3. The van der Waals surface area contributed by atoms with Gasteiger partial charge in [0.2, 0.25) is 0 Å². The van der Waals surface area contributed by atoms with Crippen molar-refractivity contribution in [3.05, 3.63) is 70.8 Å². The summed E-state index contributed by atoms with van der Waals surface area (Å²) in [6, 6.07) is 12.5. The van der Waals surface area contributed by atoms with Gasteiger partial charge in [0.05, 0.1) is 24.8 Å². The van der Waals surface area contributed by atoms with Crippen LogP contribution in [0, 0.1) is 6.92 Å². The van der Waals surface area contributed by atoms with Gasteiger partial charge in [0.25, 0.3) is 5.91 Å². The summed E-state index contributed by atoms with van der Waals surface area (Å²) in [4.78, 5) is 14.7. The third-order valence-corrected chi connectivity index (χ3v) is 4.86. The first-order valence-corrected chi connectivity index (χ1v) is 9.18. The van der Waals surface area contributed by atoms with Crippen molar-refractivity contribution in [3.8, 4) is 0 Å². The normalized spacial score (nSPS) is 16.6. The second kappa shape index (κ2) is 8.75. The Labute approximate surface area is 162 Å². The maximum atomic E-state index is 12.9. The van der Waals surface area contributed by atoms with Crippen LogP contribution in [0.1, 0.15) is 33.1 Å². The number of carbonyl (C=O) groups excluding carboxylic acids is 1. The molecular formula is C21H23F3N2O2. The van der Waals surface area contributed by atoms with E-state index in [2.05, 4.69) is 10.2 Å². The molecule has 1 aliphatic rings. The van der Waals surface area contributed by atoms with Crippen molar-refractivity contribution in [2.24, 2.45) is 0 Å². The lowest BCUT2D eigenvalue weighted by Gasteiger charge is -2.35. The number of ether oxygens (including phenoxy) is 1. The molecule has 150 valence electrons. The molecule has 2 aromatic rings. The summed E-state index contributed by atoms with van der Waals surface area (Å²) in [5.74, 6) is -0.517. The predicted octanol–water partition coefficient (Wildman–Crippen LogP) is 3.82. The van der Waals surface area contributed by atoms with Gasteiger partial charge in [0, 0.05) is 25.2 Å². The van der Waals surface area contributed by atoms with Crippen LogP contribution in [0.3, 0.4) is 0 Å². The minimum atomic E-state index is -4.48. The molecular weight excluding hydrogens is 369 g/mol. The summed E-state index contributed by atoms with van der Waals surface area (Å²) < 4.78 is 44.1. The Balaban J connectivity index is 1.74. The number of hydrogen-bond donors (Lipinski definition) is 1. The molecule has 0 unspecified atom stereocenters. The molecule has 0 aromatic heterocycles. The van der Waals surface area contributed by atoms with Crippen molar-refractivity contribution in [1.29, 1.82) is 0 Å². The first kappa shape index (κ1) is 20.4. The second-order valence-electron chi connectivity index (χ2n) is 6.86. The Morgan fingerprint density at radius 3 is 2.46 bits per heavy atom. The van der Waals surface area contributed by atoms with Crippen molar-refractivity contribution in [3.63, 3.8) is 0 Å². The SMILES string of the molecule is Cc1ccc([C@H](CNC(=O)c2cccc(C(F)(F)F)c2)N2CCOCC2)cc1. The molecule has 1 N–H and O–H groups in total. The summed E-state index contributed by atoms with van der Waals surface area (Å²) >= 11 is 0. The lowest BCUT2D eigenvalue weighted by Crippen LogP contribution is -2.43. The van der Waals surface area contributed by atoms with Gasteiger partial charge in [0.1, 0.15) is 0 Å². The van der Waals surface area contributed by atoms with E-state index in [9.17, 15) is 18.0 Å². The highest BCUT2D eigenvalue weighted by molar-refractivity contribution is 5.94. The van der Waals surface area contributed by atoms with Crippen LogP contribution < -0.4 is 5.32 Å². The molecule has 0 bridgehead atoms. The number of amides is 1. The number of carbonyl (C=O) groups is 1. The van der Waals surface area contributed by atoms with Gasteiger partial charge in [-0.1, -0.05) is 35.9 Å². The molecule has 2 aromatic carbocycles. The molecule has 28 heavy (non-hydrogen) atoms. The minimum Gasteiger partial charge on any atom is -0.379 e. The Bertz CT molecular complexity index is 800. The second-order valence-corrected chi connectivity index (χ2v) is 6.86. The number of nitrogens with one attached hydrogen (secondary N) is 1. The Morgan fingerprint density at radius 2 is 1.82 bits per heavy atom. The third-order valence-electron chi connectivity index (χ3n) is 4.86. The van der Waals surface area contributed by atoms with Gasteiger partial charge >= 0.3 is 6.18 Å². The van der Waals surface area contributed by atoms with Gasteiger partial charge in [-0.2, -0.15) is 13.2 Å². The number of nitrogens with zero attached hydrogens (tertiary/aromatic N) is 1. The highest BCUT2D eigenvalue weighted by Crippen LogP contribution is 2.29. The first-order valence-electron chi connectivity index (χ1n) is 9.18. The quantitative estimate of drug-likeness (QED) is 0.841. The lowest BCUT2D eigenvalue weighted by atomic mass is 10.0. The summed E-state index contributed by atoms with van der Waals surface area (Å²) in [7, 11) is 0. The molecule has 1 aliphatic heterocycles. The van der Waals surface area contributed by atoms with Crippen LogP contribution >= 0.6 is 0 Å². The molecule has 1 fully saturated rings. The molecule has 0 aliphatic carbocycles. The number of benzene rings is 2. The van der Waals surface area contributed by atoms with Gasteiger partial charge < -0.3 is 10.1 Å². The lowest BCUT2D eigenvalue weighted by molar-refractivity contribution is -0.137. The van der Waals surface area contributed by atoms with Crippen LogP contribution in [-0.4, -0.2) is 43.7 Å². The minimum absolute atomic E-state index is 0.000501. The summed E-state index contributed by atoms with van der Waals surface area (Å²) in [5, 5.41) is 2.80. The van der Waals surface area contributed by atoms with E-state index in [1.165, 1.54) is 12.1 Å². The van der Waals surface area contributed by atoms with Crippen molar-refractivity contribution in [1.82, 2.24) is 10.2 Å². The molecule has 0 radical (unpaired) electrons. The zero-order valence-electron chi connectivity index (χ0n) is 15.6. The van der Waals surface area contributed by atoms with Gasteiger partial charge in [-0.3, -0.25) is 9.69 Å². The smallest absolute Gasteiger partial charge is 0.379 e. The predicted molar refractivity (Wildman–Crippen MR) is 100 cm³/mol. The zero-order valence-corrected chi connectivity index (χ0v) is 15.6. The molecule has 7 heteroatoms. The highest BCUT2D eigenvalue weighted by Gasteiger charge is 2.31. The first-order chi connectivity index (χ1) is 13.3. The van der Waals surface area contributed by atoms with Crippen molar-refractivity contribution >= 4 is 5.91 Å². The van der Waals surface area contributed by atoms with E-state index in [0.29, 0.717) is 19.8 Å². The molecule has 1 saturated heterocycles. The van der Waals surface area contributed by atoms with E-state index in [1.807, 2.05) is 31.2 Å². The van der Waals surface area contributed by atoms with E-state index in [1.54, 1.807) is 0 Å². The van der Waals surface area contributed by atoms with E-state index < -0.39 is 17.6 Å². The average Bonchev–Trinajstić information content (AvgIpc) is 2.69. The van der Waals surface area contributed by atoms with Gasteiger partial charge in [-0.25, -0.2) is 0 Å². The van der Waals surface area contributed by atoms with Crippen molar-refractivity contribution < 1.29 is 22.7 Å². The van der Waals surface area contributed by atoms with Crippen LogP contribution in [0.15, 0.2) is 48.5 Å². The highest BCUT2D eigenvalue weighted by atomic mass is 19.4. The molecule has 3 rings (SSSR count). The zero-order chi connectivity index (χ0) is 20.1. The van der Waals surface area contributed by atoms with Crippen molar-refractivity contribution in [2.45, 2.75) is 19.1 Å². The average molecular weight is 392 g/mol. The van der Waals surface area contributed by atoms with Crippen LogP contribution in [0.4, 0.5) is 13.2 Å².